The molecule has 3 rings (SSSR count). The van der Waals surface area contributed by atoms with Crippen molar-refractivity contribution in [1.29, 1.82) is 0 Å². The molecule has 0 unspecified atom stereocenters. The van der Waals surface area contributed by atoms with Crippen LogP contribution in [0.2, 0.25) is 0 Å². The van der Waals surface area contributed by atoms with E-state index >= 15 is 0 Å². The summed E-state index contributed by atoms with van der Waals surface area (Å²) in [6.45, 7) is 9.21. The molecule has 1 N–H and O–H groups in total. The summed E-state index contributed by atoms with van der Waals surface area (Å²) >= 11 is 0. The summed E-state index contributed by atoms with van der Waals surface area (Å²) in [5, 5.41) is 8.14. The van der Waals surface area contributed by atoms with Gasteiger partial charge < -0.3 is 10.1 Å². The fraction of sp³-hybridized carbons (Fsp3) is 0.227. The minimum absolute atomic E-state index is 0.180. The van der Waals surface area contributed by atoms with Crippen LogP contribution in [0, 0.1) is 6.92 Å². The predicted octanol–water partition coefficient (Wildman–Crippen LogP) is 4.60. The summed E-state index contributed by atoms with van der Waals surface area (Å²) in [6, 6.07) is 18.5. The third kappa shape index (κ3) is 4.03. The fourth-order valence-electron chi connectivity index (χ4n) is 2.99. The van der Waals surface area contributed by atoms with E-state index in [1.807, 2.05) is 47.3 Å². The number of ether oxygens (including phenoxy) is 1. The van der Waals surface area contributed by atoms with Crippen LogP contribution < -0.4 is 10.1 Å². The highest BCUT2D eigenvalue weighted by molar-refractivity contribution is 5.36. The minimum Gasteiger partial charge on any atom is -0.489 e. The summed E-state index contributed by atoms with van der Waals surface area (Å²) in [4.78, 5) is 0. The van der Waals surface area contributed by atoms with Crippen LogP contribution in [0.5, 0.6) is 5.75 Å². The molecule has 0 amide bonds. The van der Waals surface area contributed by atoms with Crippen molar-refractivity contribution < 1.29 is 4.74 Å². The lowest BCUT2D eigenvalue weighted by Gasteiger charge is -2.16. The van der Waals surface area contributed by atoms with Crippen molar-refractivity contribution in [3.63, 3.8) is 0 Å². The zero-order chi connectivity index (χ0) is 18.4. The Bertz CT molecular complexity index is 855. The van der Waals surface area contributed by atoms with Crippen LogP contribution in [-0.4, -0.2) is 16.4 Å². The topological polar surface area (TPSA) is 39.1 Å². The minimum atomic E-state index is 0.180. The Morgan fingerprint density at radius 3 is 2.65 bits per heavy atom. The van der Waals surface area contributed by atoms with E-state index in [9.17, 15) is 0 Å². The predicted molar refractivity (Wildman–Crippen MR) is 106 cm³/mol. The van der Waals surface area contributed by atoms with E-state index in [1.165, 1.54) is 5.56 Å². The van der Waals surface area contributed by atoms with Crippen molar-refractivity contribution in [1.82, 2.24) is 15.1 Å². The molecule has 0 fully saturated rings. The molecule has 4 heteroatoms. The number of nitrogens with one attached hydrogen (secondary N) is 1. The summed E-state index contributed by atoms with van der Waals surface area (Å²) in [6.07, 6.45) is 3.70. The Labute approximate surface area is 155 Å². The lowest BCUT2D eigenvalue weighted by atomic mass is 10.1. The maximum Gasteiger partial charge on any atom is 0.124 e. The van der Waals surface area contributed by atoms with Crippen molar-refractivity contribution in [2.75, 3.05) is 6.61 Å². The second kappa shape index (κ2) is 8.50. The van der Waals surface area contributed by atoms with Crippen LogP contribution in [0.3, 0.4) is 0 Å². The molecule has 0 aliphatic carbocycles. The standard InChI is InChI=1S/C22H25N3O/c1-4-14-26-22-13-9-8-10-19(22)15-23-17(2)21-16-24-25(18(21)3)20-11-6-5-7-12-20/h4-13,16-17,23H,1,14-15H2,2-3H3/t17-/m0/s1. The van der Waals surface area contributed by atoms with Gasteiger partial charge in [-0.25, -0.2) is 4.68 Å². The van der Waals surface area contributed by atoms with Gasteiger partial charge in [0, 0.05) is 29.4 Å². The second-order valence-electron chi connectivity index (χ2n) is 6.24. The first-order valence-electron chi connectivity index (χ1n) is 8.85. The van der Waals surface area contributed by atoms with Crippen molar-refractivity contribution in [3.05, 3.63) is 90.3 Å². The third-order valence-electron chi connectivity index (χ3n) is 4.44. The molecular weight excluding hydrogens is 322 g/mol. The van der Waals surface area contributed by atoms with E-state index < -0.39 is 0 Å². The first-order valence-corrected chi connectivity index (χ1v) is 8.85. The van der Waals surface area contributed by atoms with Crippen molar-refractivity contribution in [2.24, 2.45) is 0 Å². The number of hydrogen-bond donors (Lipinski definition) is 1. The average molecular weight is 347 g/mol. The molecule has 134 valence electrons. The average Bonchev–Trinajstić information content (AvgIpc) is 3.07. The lowest BCUT2D eigenvalue weighted by Crippen LogP contribution is -2.19. The summed E-state index contributed by atoms with van der Waals surface area (Å²) < 4.78 is 7.72. The molecule has 0 radical (unpaired) electrons. The smallest absolute Gasteiger partial charge is 0.124 e. The molecule has 26 heavy (non-hydrogen) atoms. The number of aromatic nitrogens is 2. The van der Waals surface area contributed by atoms with Gasteiger partial charge in [0.05, 0.1) is 11.9 Å². The largest absolute Gasteiger partial charge is 0.489 e. The lowest BCUT2D eigenvalue weighted by molar-refractivity contribution is 0.357. The van der Waals surface area contributed by atoms with Crippen molar-refractivity contribution >= 4 is 0 Å². The van der Waals surface area contributed by atoms with E-state index in [2.05, 4.69) is 49.0 Å². The maximum absolute atomic E-state index is 5.74. The first kappa shape index (κ1) is 18.0. The molecule has 0 bridgehead atoms. The highest BCUT2D eigenvalue weighted by Crippen LogP contribution is 2.22. The molecule has 1 heterocycles. The second-order valence-corrected chi connectivity index (χ2v) is 6.24. The zero-order valence-corrected chi connectivity index (χ0v) is 15.4. The Kier molecular flexibility index (Phi) is 5.87. The van der Waals surface area contributed by atoms with Gasteiger partial charge in [-0.15, -0.1) is 0 Å². The van der Waals surface area contributed by atoms with Gasteiger partial charge in [0.25, 0.3) is 0 Å². The van der Waals surface area contributed by atoms with Crippen LogP contribution in [0.25, 0.3) is 5.69 Å². The van der Waals surface area contributed by atoms with E-state index in [1.54, 1.807) is 6.08 Å². The Morgan fingerprint density at radius 2 is 1.88 bits per heavy atom. The monoisotopic (exact) mass is 347 g/mol. The highest BCUT2D eigenvalue weighted by Gasteiger charge is 2.14. The third-order valence-corrected chi connectivity index (χ3v) is 4.44. The van der Waals surface area contributed by atoms with Crippen molar-refractivity contribution in [3.8, 4) is 11.4 Å². The van der Waals surface area contributed by atoms with Crippen LogP contribution in [0.4, 0.5) is 0 Å². The molecule has 0 saturated heterocycles. The molecule has 3 aromatic rings. The van der Waals surface area contributed by atoms with Gasteiger partial charge in [-0.05, 0) is 32.0 Å². The Hall–Kier alpha value is -2.85. The van der Waals surface area contributed by atoms with Gasteiger partial charge in [0.15, 0.2) is 0 Å². The molecule has 0 saturated carbocycles. The van der Waals surface area contributed by atoms with Gasteiger partial charge in [-0.1, -0.05) is 49.1 Å². The van der Waals surface area contributed by atoms with E-state index in [-0.39, 0.29) is 6.04 Å². The summed E-state index contributed by atoms with van der Waals surface area (Å²) in [5.74, 6) is 0.892. The van der Waals surface area contributed by atoms with E-state index in [4.69, 9.17) is 4.74 Å². The molecule has 0 aliphatic rings. The SMILES string of the molecule is C=CCOc1ccccc1CN[C@@H](C)c1cnn(-c2ccccc2)c1C. The molecule has 0 spiro atoms. The number of benzene rings is 2. The van der Waals surface area contributed by atoms with Crippen LogP contribution in [0.15, 0.2) is 73.4 Å². The van der Waals surface area contributed by atoms with Crippen LogP contribution in [0.1, 0.15) is 29.8 Å². The molecule has 1 aromatic heterocycles. The van der Waals surface area contributed by atoms with E-state index in [0.717, 1.165) is 29.2 Å². The number of nitrogens with zero attached hydrogens (tertiary/aromatic N) is 2. The summed E-state index contributed by atoms with van der Waals surface area (Å²) in [7, 11) is 0. The number of hydrogen-bond acceptors (Lipinski definition) is 3. The van der Waals surface area contributed by atoms with Gasteiger partial charge in [-0.2, -0.15) is 5.10 Å². The van der Waals surface area contributed by atoms with Gasteiger partial charge in [0.1, 0.15) is 12.4 Å². The van der Waals surface area contributed by atoms with Crippen LogP contribution in [-0.2, 0) is 6.54 Å². The van der Waals surface area contributed by atoms with Crippen LogP contribution >= 0.6 is 0 Å². The summed E-state index contributed by atoms with van der Waals surface area (Å²) in [5.41, 5.74) is 4.55. The normalized spacial score (nSPS) is 11.9. The molecular formula is C22H25N3O. The number of para-hydroxylation sites is 2. The van der Waals surface area contributed by atoms with Gasteiger partial charge in [-0.3, -0.25) is 0 Å². The quantitative estimate of drug-likeness (QED) is 0.606. The Morgan fingerprint density at radius 1 is 1.15 bits per heavy atom. The Balaban J connectivity index is 1.71. The first-order chi connectivity index (χ1) is 12.7. The molecule has 2 aromatic carbocycles. The maximum atomic E-state index is 5.74. The van der Waals surface area contributed by atoms with Gasteiger partial charge >= 0.3 is 0 Å². The molecule has 4 nitrogen and oxygen atoms in total. The zero-order valence-electron chi connectivity index (χ0n) is 15.4. The molecule has 1 atom stereocenters. The highest BCUT2D eigenvalue weighted by atomic mass is 16.5. The molecule has 0 aliphatic heterocycles. The van der Waals surface area contributed by atoms with Crippen molar-refractivity contribution in [2.45, 2.75) is 26.4 Å². The van der Waals surface area contributed by atoms with E-state index in [0.29, 0.717) is 6.61 Å². The van der Waals surface area contributed by atoms with Gasteiger partial charge in [0.2, 0.25) is 0 Å². The number of rotatable bonds is 8. The fourth-order valence-corrected chi connectivity index (χ4v) is 2.99.